The summed E-state index contributed by atoms with van der Waals surface area (Å²) in [7, 11) is -6.00. The van der Waals surface area contributed by atoms with E-state index in [-0.39, 0.29) is 16.8 Å². The molecule has 1 N–H and O–H groups in total. The second-order valence-electron chi connectivity index (χ2n) is 7.40. The van der Waals surface area contributed by atoms with E-state index in [1.165, 1.54) is 18.9 Å². The number of halogens is 4. The van der Waals surface area contributed by atoms with Crippen molar-refractivity contribution in [1.29, 1.82) is 5.39 Å². The largest absolute Gasteiger partial charge is 0.673 e. The van der Waals surface area contributed by atoms with Crippen LogP contribution in [0.4, 0.5) is 23.0 Å². The third-order valence-corrected chi connectivity index (χ3v) is 5.39. The molecule has 2 fully saturated rings. The molecule has 25 heavy (non-hydrogen) atoms. The molecule has 2 aliphatic carbocycles. The van der Waals surface area contributed by atoms with Gasteiger partial charge < -0.3 is 27.1 Å². The Labute approximate surface area is 143 Å². The van der Waals surface area contributed by atoms with Crippen LogP contribution in [-0.4, -0.2) is 18.0 Å². The number of rotatable bonds is 2. The summed E-state index contributed by atoms with van der Waals surface area (Å²) in [6.45, 7) is 6.78. The fourth-order valence-corrected chi connectivity index (χ4v) is 4.09. The Morgan fingerprint density at radius 3 is 2.36 bits per heavy atom. The van der Waals surface area contributed by atoms with Gasteiger partial charge in [-0.1, -0.05) is 27.2 Å². The summed E-state index contributed by atoms with van der Waals surface area (Å²) in [6, 6.07) is 4.74. The lowest BCUT2D eigenvalue weighted by Crippen LogP contribution is -2.30. The van der Waals surface area contributed by atoms with Crippen LogP contribution in [0, 0.1) is 22.6 Å². The van der Waals surface area contributed by atoms with E-state index < -0.39 is 7.25 Å². The zero-order valence-corrected chi connectivity index (χ0v) is 14.3. The van der Waals surface area contributed by atoms with Crippen LogP contribution in [0.3, 0.4) is 0 Å². The van der Waals surface area contributed by atoms with Crippen LogP contribution in [0.2, 0.25) is 0 Å². The molecule has 0 saturated heterocycles. The lowest BCUT2D eigenvalue weighted by Gasteiger charge is -2.29. The van der Waals surface area contributed by atoms with Crippen LogP contribution < -0.4 is 4.74 Å². The number of hydrogen-bond acceptors (Lipinski definition) is 3. The van der Waals surface area contributed by atoms with Crippen LogP contribution in [0.15, 0.2) is 18.2 Å². The van der Waals surface area contributed by atoms with Crippen LogP contribution in [0.25, 0.3) is 4.98 Å². The highest BCUT2D eigenvalue weighted by molar-refractivity contribution is 6.50. The molecule has 4 nitrogen and oxygen atoms in total. The van der Waals surface area contributed by atoms with Gasteiger partial charge in [0.1, 0.15) is 5.60 Å². The first-order chi connectivity index (χ1) is 11.4. The van der Waals surface area contributed by atoms with Crippen molar-refractivity contribution in [3.63, 3.8) is 0 Å². The van der Waals surface area contributed by atoms with E-state index in [1.54, 1.807) is 12.1 Å². The molecule has 0 amide bonds. The van der Waals surface area contributed by atoms with E-state index in [0.717, 1.165) is 6.42 Å². The van der Waals surface area contributed by atoms with Gasteiger partial charge in [-0.25, -0.2) is 0 Å². The predicted octanol–water partition coefficient (Wildman–Crippen LogP) is 5.77. The maximum Gasteiger partial charge on any atom is 0.673 e. The molecule has 2 aliphatic rings. The molecule has 0 aliphatic heterocycles. The summed E-state index contributed by atoms with van der Waals surface area (Å²) in [6.07, 6.45) is 3.49. The Balaban J connectivity index is 0.000000399. The van der Waals surface area contributed by atoms with Crippen molar-refractivity contribution in [3.05, 3.63) is 23.2 Å². The Kier molecular flexibility index (Phi) is 4.95. The number of ether oxygens (including phenoxy) is 1. The van der Waals surface area contributed by atoms with Gasteiger partial charge in [-0.15, -0.1) is 0 Å². The zero-order valence-electron chi connectivity index (χ0n) is 14.3. The van der Waals surface area contributed by atoms with E-state index >= 15 is 0 Å². The molecule has 0 spiro atoms. The fraction of sp³-hybridized carbons (Fsp3) is 0.625. The molecular weight excluding hydrogens is 339 g/mol. The molecule has 138 valence electrons. The minimum absolute atomic E-state index is 0.0364. The van der Waals surface area contributed by atoms with Crippen molar-refractivity contribution >= 4 is 12.9 Å². The maximum absolute atomic E-state index is 10.0. The Morgan fingerprint density at radius 2 is 1.84 bits per heavy atom. The second-order valence-corrected chi connectivity index (χ2v) is 7.40. The Morgan fingerprint density at radius 1 is 1.24 bits per heavy atom. The predicted molar refractivity (Wildman–Crippen MR) is 86.7 cm³/mol. The summed E-state index contributed by atoms with van der Waals surface area (Å²) in [5, 5.41) is 18.8. The molecule has 1 aromatic rings. The van der Waals surface area contributed by atoms with Gasteiger partial charge in [0.05, 0.1) is 6.07 Å². The smallest absolute Gasteiger partial charge is 0.504 e. The van der Waals surface area contributed by atoms with E-state index in [9.17, 15) is 22.4 Å². The number of phenols is 1. The second kappa shape index (κ2) is 6.39. The Hall–Kier alpha value is -1.98. The first kappa shape index (κ1) is 19.4. The van der Waals surface area contributed by atoms with Gasteiger partial charge in [-0.05, 0) is 24.8 Å². The molecule has 0 aromatic heterocycles. The highest BCUT2D eigenvalue weighted by atomic mass is 19.5. The highest BCUT2D eigenvalue weighted by Gasteiger charge is 2.74. The lowest BCUT2D eigenvalue weighted by atomic mass is 9.88. The van der Waals surface area contributed by atoms with Crippen molar-refractivity contribution in [3.8, 4) is 11.5 Å². The van der Waals surface area contributed by atoms with E-state index in [1.807, 2.05) is 0 Å². The number of benzene rings is 1. The molecule has 1 aromatic carbocycles. The lowest BCUT2D eigenvalue weighted by molar-refractivity contribution is 0.0816. The SMILES string of the molecule is CC1CCC2C(C)(C)C2(Oc2ccc([N+]#N)cc2O)C1.F[B-](F)(F)F. The van der Waals surface area contributed by atoms with Gasteiger partial charge in [0.15, 0.2) is 16.5 Å². The van der Waals surface area contributed by atoms with Gasteiger partial charge in [0.25, 0.3) is 0 Å². The first-order valence-corrected chi connectivity index (χ1v) is 8.15. The average Bonchev–Trinajstić information content (AvgIpc) is 2.94. The normalized spacial score (nSPS) is 29.5. The van der Waals surface area contributed by atoms with Crippen LogP contribution in [0.1, 0.15) is 40.0 Å². The van der Waals surface area contributed by atoms with Gasteiger partial charge in [0, 0.05) is 17.4 Å². The summed E-state index contributed by atoms with van der Waals surface area (Å²) in [5.74, 6) is 1.74. The molecule has 2 saturated carbocycles. The molecule has 3 rings (SSSR count). The minimum Gasteiger partial charge on any atom is -0.504 e. The molecular formula is C16H21BF4N2O2. The van der Waals surface area contributed by atoms with Crippen molar-refractivity contribution in [2.45, 2.75) is 45.6 Å². The molecule has 0 heterocycles. The summed E-state index contributed by atoms with van der Waals surface area (Å²) < 4.78 is 45.3. The minimum atomic E-state index is -6.00. The zero-order chi connectivity index (χ0) is 19.0. The average molecular weight is 360 g/mol. The number of diazo groups is 1. The molecule has 0 bridgehead atoms. The summed E-state index contributed by atoms with van der Waals surface area (Å²) in [5.41, 5.74) is 0.334. The maximum atomic E-state index is 10.0. The highest BCUT2D eigenvalue weighted by Crippen LogP contribution is 2.70. The number of hydrogen-bond donors (Lipinski definition) is 1. The van der Waals surface area contributed by atoms with Crippen molar-refractivity contribution in [2.75, 3.05) is 0 Å². The van der Waals surface area contributed by atoms with Gasteiger partial charge >= 0.3 is 12.9 Å². The monoisotopic (exact) mass is 360 g/mol. The summed E-state index contributed by atoms with van der Waals surface area (Å²) in [4.78, 5) is 3.07. The van der Waals surface area contributed by atoms with Crippen molar-refractivity contribution in [2.24, 2.45) is 17.3 Å². The van der Waals surface area contributed by atoms with Crippen LogP contribution in [0.5, 0.6) is 11.5 Å². The number of phenolic OH excluding ortho intramolecular Hbond substituents is 1. The van der Waals surface area contributed by atoms with E-state index in [0.29, 0.717) is 23.3 Å². The van der Waals surface area contributed by atoms with Gasteiger partial charge in [-0.2, -0.15) is 0 Å². The van der Waals surface area contributed by atoms with E-state index in [2.05, 4.69) is 25.7 Å². The number of fused-ring (bicyclic) bond motifs is 1. The quantitative estimate of drug-likeness (QED) is 0.414. The number of nitrogens with zero attached hydrogens (tertiary/aromatic N) is 2. The third kappa shape index (κ3) is 3.99. The molecule has 3 atom stereocenters. The molecule has 3 unspecified atom stereocenters. The van der Waals surface area contributed by atoms with Crippen LogP contribution >= 0.6 is 0 Å². The fourth-order valence-electron chi connectivity index (χ4n) is 4.09. The molecule has 0 radical (unpaired) electrons. The topological polar surface area (TPSA) is 57.6 Å². The van der Waals surface area contributed by atoms with Crippen molar-refractivity contribution < 1.29 is 27.1 Å². The molecule has 9 heteroatoms. The van der Waals surface area contributed by atoms with E-state index in [4.69, 9.17) is 10.1 Å². The Bertz CT molecular complexity index is 684. The standard InChI is InChI=1S/C16H20N2O2.BF4/c1-10-4-7-14-15(2,3)16(14,9-10)20-13-6-5-11(18-17)8-12(13)19;2-1(3,4)5/h5-6,8,10,14H,4,7,9H2,1-3H3;/q;-1/p+1. The van der Waals surface area contributed by atoms with Gasteiger partial charge in [0.2, 0.25) is 5.39 Å². The van der Waals surface area contributed by atoms with Gasteiger partial charge in [-0.3, -0.25) is 0 Å². The summed E-state index contributed by atoms with van der Waals surface area (Å²) >= 11 is 0. The first-order valence-electron chi connectivity index (χ1n) is 8.15. The third-order valence-electron chi connectivity index (χ3n) is 5.39. The van der Waals surface area contributed by atoms with Crippen LogP contribution in [-0.2, 0) is 0 Å². The number of aromatic hydroxyl groups is 1. The van der Waals surface area contributed by atoms with Crippen molar-refractivity contribution in [1.82, 2.24) is 0 Å².